The minimum Gasteiger partial charge on any atom is -0.351 e. The average molecular weight is 324 g/mol. The number of carbonyl (C=O) groups excluding carboxylic acids is 1. The van der Waals surface area contributed by atoms with Gasteiger partial charge in [0.1, 0.15) is 11.5 Å². The van der Waals surface area contributed by atoms with E-state index in [1.807, 2.05) is 48.1 Å². The second-order valence-electron chi connectivity index (χ2n) is 5.86. The first-order valence-corrected chi connectivity index (χ1v) is 7.73. The Morgan fingerprint density at radius 2 is 1.96 bits per heavy atom. The van der Waals surface area contributed by atoms with Crippen molar-refractivity contribution >= 4 is 11.8 Å². The van der Waals surface area contributed by atoms with Crippen molar-refractivity contribution < 1.29 is 4.79 Å². The molecule has 124 valence electrons. The quantitative estimate of drug-likeness (QED) is 0.772. The Bertz CT molecular complexity index is 863. The molecule has 0 aliphatic rings. The number of hydrogen-bond donors (Lipinski definition) is 2. The third-order valence-electron chi connectivity index (χ3n) is 3.77. The van der Waals surface area contributed by atoms with Gasteiger partial charge in [0.2, 0.25) is 0 Å². The summed E-state index contributed by atoms with van der Waals surface area (Å²) < 4.78 is 3.56. The van der Waals surface area contributed by atoms with Gasteiger partial charge in [-0.3, -0.25) is 10.00 Å². The smallest absolute Gasteiger partial charge is 0.317 e. The van der Waals surface area contributed by atoms with Crippen molar-refractivity contribution in [2.45, 2.75) is 26.8 Å². The monoisotopic (exact) mass is 324 g/mol. The highest BCUT2D eigenvalue weighted by atomic mass is 16.2. The third kappa shape index (κ3) is 2.88. The van der Waals surface area contributed by atoms with Gasteiger partial charge >= 0.3 is 6.03 Å². The van der Waals surface area contributed by atoms with E-state index in [-0.39, 0.29) is 6.04 Å². The van der Waals surface area contributed by atoms with Crippen LogP contribution in [-0.2, 0) is 0 Å². The molecule has 7 nitrogen and oxygen atoms in total. The predicted octanol–water partition coefficient (Wildman–Crippen LogP) is 3.12. The molecule has 0 aliphatic carbocycles. The van der Waals surface area contributed by atoms with E-state index in [0.717, 1.165) is 22.5 Å². The fraction of sp³-hybridized carbons (Fsp3) is 0.235. The molecule has 0 radical (unpaired) electrons. The number of rotatable bonds is 4. The van der Waals surface area contributed by atoms with Crippen LogP contribution in [0.15, 0.2) is 42.7 Å². The van der Waals surface area contributed by atoms with Crippen LogP contribution in [-0.4, -0.2) is 25.6 Å². The summed E-state index contributed by atoms with van der Waals surface area (Å²) in [6.45, 7) is 6.03. The van der Waals surface area contributed by atoms with Gasteiger partial charge in [0.15, 0.2) is 0 Å². The first-order valence-electron chi connectivity index (χ1n) is 7.73. The van der Waals surface area contributed by atoms with Crippen LogP contribution in [0, 0.1) is 6.92 Å². The zero-order valence-electron chi connectivity index (χ0n) is 13.9. The Morgan fingerprint density at radius 1 is 1.25 bits per heavy atom. The van der Waals surface area contributed by atoms with Crippen LogP contribution >= 0.6 is 0 Å². The molecule has 2 aromatic heterocycles. The average Bonchev–Trinajstić information content (AvgIpc) is 3.14. The number of nitrogens with zero attached hydrogens (tertiary/aromatic N) is 4. The normalized spacial score (nSPS) is 11.0. The van der Waals surface area contributed by atoms with Crippen LogP contribution in [0.5, 0.6) is 0 Å². The molecule has 0 spiro atoms. The number of aromatic nitrogens is 4. The van der Waals surface area contributed by atoms with E-state index in [1.54, 1.807) is 10.9 Å². The summed E-state index contributed by atoms with van der Waals surface area (Å²) >= 11 is 0. The van der Waals surface area contributed by atoms with Crippen molar-refractivity contribution in [2.75, 3.05) is 5.32 Å². The second kappa shape index (κ2) is 6.19. The van der Waals surface area contributed by atoms with Gasteiger partial charge in [-0.2, -0.15) is 10.2 Å². The summed E-state index contributed by atoms with van der Waals surface area (Å²) in [6, 6.07) is 9.22. The molecule has 0 saturated heterocycles. The Labute approximate surface area is 140 Å². The van der Waals surface area contributed by atoms with Gasteiger partial charge in [-0.1, -0.05) is 18.2 Å². The molecular formula is C17H20N6O. The summed E-state index contributed by atoms with van der Waals surface area (Å²) in [6.07, 6.45) is 3.72. The largest absolute Gasteiger partial charge is 0.351 e. The Kier molecular flexibility index (Phi) is 4.07. The van der Waals surface area contributed by atoms with Crippen molar-refractivity contribution in [3.05, 3.63) is 48.3 Å². The van der Waals surface area contributed by atoms with Crippen LogP contribution in [0.2, 0.25) is 0 Å². The number of anilines is 1. The Balaban J connectivity index is 2.14. The van der Waals surface area contributed by atoms with Crippen LogP contribution in [0.25, 0.3) is 16.9 Å². The lowest BCUT2D eigenvalue weighted by molar-refractivity contribution is 0.259. The molecule has 1 aromatic carbocycles. The highest BCUT2D eigenvalue weighted by Crippen LogP contribution is 2.30. The number of benzene rings is 1. The highest BCUT2D eigenvalue weighted by molar-refractivity contribution is 5.89. The van der Waals surface area contributed by atoms with Crippen LogP contribution in [0.1, 0.15) is 25.5 Å². The van der Waals surface area contributed by atoms with Crippen molar-refractivity contribution in [1.82, 2.24) is 19.6 Å². The third-order valence-corrected chi connectivity index (χ3v) is 3.77. The molecule has 0 fully saturated rings. The van der Waals surface area contributed by atoms with Crippen molar-refractivity contribution in [2.24, 2.45) is 5.73 Å². The molecule has 24 heavy (non-hydrogen) atoms. The second-order valence-corrected chi connectivity index (χ2v) is 5.86. The minimum absolute atomic E-state index is 0.262. The van der Waals surface area contributed by atoms with E-state index >= 15 is 0 Å². The maximum absolute atomic E-state index is 11.4. The van der Waals surface area contributed by atoms with Gasteiger partial charge in [0.25, 0.3) is 0 Å². The molecule has 0 saturated carbocycles. The lowest BCUT2D eigenvalue weighted by Crippen LogP contribution is -2.21. The molecule has 3 N–H and O–H groups in total. The minimum atomic E-state index is -0.625. The lowest BCUT2D eigenvalue weighted by atomic mass is 10.1. The number of hydrogen-bond acceptors (Lipinski definition) is 3. The molecule has 2 heterocycles. The van der Waals surface area contributed by atoms with Crippen molar-refractivity contribution in [3.8, 4) is 16.9 Å². The topological polar surface area (TPSA) is 90.8 Å². The number of nitrogens with one attached hydrogen (secondary N) is 1. The molecular weight excluding hydrogens is 304 g/mol. The zero-order chi connectivity index (χ0) is 17.3. The van der Waals surface area contributed by atoms with E-state index < -0.39 is 6.03 Å². The number of amides is 2. The fourth-order valence-electron chi connectivity index (χ4n) is 2.53. The van der Waals surface area contributed by atoms with Crippen LogP contribution < -0.4 is 11.1 Å². The summed E-state index contributed by atoms with van der Waals surface area (Å²) in [5.74, 6) is 0.556. The Hall–Kier alpha value is -3.09. The van der Waals surface area contributed by atoms with E-state index in [2.05, 4.69) is 29.4 Å². The SMILES string of the molecule is Cc1c(-c2cnn(C(C)C)c2)nn(-c2ccccc2)c1NC(N)=O. The van der Waals surface area contributed by atoms with Crippen LogP contribution in [0.3, 0.4) is 0 Å². The molecule has 3 rings (SSSR count). The molecule has 3 aromatic rings. The van der Waals surface area contributed by atoms with E-state index in [4.69, 9.17) is 5.73 Å². The van der Waals surface area contributed by atoms with Gasteiger partial charge in [0, 0.05) is 23.4 Å². The zero-order valence-corrected chi connectivity index (χ0v) is 13.9. The van der Waals surface area contributed by atoms with Crippen molar-refractivity contribution in [3.63, 3.8) is 0 Å². The van der Waals surface area contributed by atoms with Gasteiger partial charge in [-0.15, -0.1) is 0 Å². The molecule has 0 bridgehead atoms. The molecule has 2 amide bonds. The Morgan fingerprint density at radius 3 is 2.54 bits per heavy atom. The number of urea groups is 1. The maximum Gasteiger partial charge on any atom is 0.317 e. The van der Waals surface area contributed by atoms with E-state index in [9.17, 15) is 4.79 Å². The first kappa shape index (κ1) is 15.8. The van der Waals surface area contributed by atoms with E-state index in [0.29, 0.717) is 5.82 Å². The lowest BCUT2D eigenvalue weighted by Gasteiger charge is -2.07. The summed E-state index contributed by atoms with van der Waals surface area (Å²) in [5.41, 5.74) is 8.65. The summed E-state index contributed by atoms with van der Waals surface area (Å²) in [5, 5.41) is 11.7. The standard InChI is InChI=1S/C17H20N6O/c1-11(2)22-10-13(9-19-22)15-12(3)16(20-17(18)24)23(21-15)14-7-5-4-6-8-14/h4-11H,1-3H3,(H3,18,20,24). The van der Waals surface area contributed by atoms with Crippen LogP contribution in [0.4, 0.5) is 10.6 Å². The number of para-hydroxylation sites is 1. The van der Waals surface area contributed by atoms with Gasteiger partial charge in [-0.05, 0) is 32.9 Å². The van der Waals surface area contributed by atoms with Crippen molar-refractivity contribution in [1.29, 1.82) is 0 Å². The number of primary amides is 1. The molecule has 0 aliphatic heterocycles. The van der Waals surface area contributed by atoms with Gasteiger partial charge in [-0.25, -0.2) is 9.48 Å². The molecule has 0 unspecified atom stereocenters. The predicted molar refractivity (Wildman–Crippen MR) is 93.1 cm³/mol. The summed E-state index contributed by atoms with van der Waals surface area (Å²) in [4.78, 5) is 11.4. The summed E-state index contributed by atoms with van der Waals surface area (Å²) in [7, 11) is 0. The fourth-order valence-corrected chi connectivity index (χ4v) is 2.53. The van der Waals surface area contributed by atoms with Gasteiger partial charge in [0.05, 0.1) is 11.9 Å². The number of carbonyl (C=O) groups is 1. The molecule has 0 atom stereocenters. The first-order chi connectivity index (χ1) is 11.5. The van der Waals surface area contributed by atoms with E-state index in [1.165, 1.54) is 0 Å². The number of nitrogens with two attached hydrogens (primary N) is 1. The van der Waals surface area contributed by atoms with Gasteiger partial charge < -0.3 is 5.73 Å². The molecule has 7 heteroatoms. The highest BCUT2D eigenvalue weighted by Gasteiger charge is 2.19. The maximum atomic E-state index is 11.4.